The van der Waals surface area contributed by atoms with Crippen LogP contribution in [0.4, 0.5) is 0 Å². The van der Waals surface area contributed by atoms with Crippen molar-refractivity contribution in [2.45, 2.75) is 44.6 Å². The number of aliphatic hydroxyl groups excluding tert-OH is 4. The van der Waals surface area contributed by atoms with Crippen molar-refractivity contribution in [2.24, 2.45) is 0 Å². The second-order valence-electron chi connectivity index (χ2n) is 9.05. The summed E-state index contributed by atoms with van der Waals surface area (Å²) < 4.78 is 28.0. The Kier molecular flexibility index (Phi) is 6.56. The second kappa shape index (κ2) is 9.69. The number of rotatable bonds is 6. The van der Waals surface area contributed by atoms with E-state index >= 15 is 0 Å². The lowest BCUT2D eigenvalue weighted by atomic mass is 9.99. The molecule has 37 heavy (non-hydrogen) atoms. The summed E-state index contributed by atoms with van der Waals surface area (Å²) in [6.07, 6.45) is -5.36. The van der Waals surface area contributed by atoms with Crippen molar-refractivity contribution in [3.8, 4) is 17.2 Å². The number of benzene rings is 2. The SMILES string of the molecule is CC(C)=CCOc1ccc2c(oc(=O)c3c4ccc(OC5OC(CO)C(O)C(O)C5O)cc4oc23)c1O. The van der Waals surface area contributed by atoms with Crippen molar-refractivity contribution >= 4 is 32.9 Å². The molecular weight excluding hydrogens is 488 g/mol. The lowest BCUT2D eigenvalue weighted by Gasteiger charge is -2.39. The van der Waals surface area contributed by atoms with Gasteiger partial charge in [0.15, 0.2) is 16.9 Å². The molecule has 0 spiro atoms. The fourth-order valence-electron chi connectivity index (χ4n) is 4.23. The van der Waals surface area contributed by atoms with Gasteiger partial charge in [-0.3, -0.25) is 0 Å². The van der Waals surface area contributed by atoms with Gasteiger partial charge in [0.1, 0.15) is 47.7 Å². The lowest BCUT2D eigenvalue weighted by Crippen LogP contribution is -2.60. The third kappa shape index (κ3) is 4.41. The Morgan fingerprint density at radius 3 is 2.49 bits per heavy atom. The summed E-state index contributed by atoms with van der Waals surface area (Å²) in [5.74, 6) is -0.00744. The molecule has 2 aromatic carbocycles. The molecule has 196 valence electrons. The van der Waals surface area contributed by atoms with Crippen LogP contribution in [0.5, 0.6) is 17.2 Å². The van der Waals surface area contributed by atoms with Gasteiger partial charge in [-0.05, 0) is 44.2 Å². The number of phenols is 1. The number of allylic oxidation sites excluding steroid dienone is 1. The first-order valence-corrected chi connectivity index (χ1v) is 11.6. The highest BCUT2D eigenvalue weighted by Crippen LogP contribution is 2.40. The van der Waals surface area contributed by atoms with Gasteiger partial charge in [-0.25, -0.2) is 4.79 Å². The van der Waals surface area contributed by atoms with Crippen molar-refractivity contribution in [1.82, 2.24) is 0 Å². The van der Waals surface area contributed by atoms with Crippen LogP contribution in [0.15, 0.2) is 55.6 Å². The zero-order valence-corrected chi connectivity index (χ0v) is 20.0. The summed E-state index contributed by atoms with van der Waals surface area (Å²) in [4.78, 5) is 12.9. The zero-order chi connectivity index (χ0) is 26.4. The van der Waals surface area contributed by atoms with Gasteiger partial charge in [-0.15, -0.1) is 0 Å². The van der Waals surface area contributed by atoms with Gasteiger partial charge in [-0.2, -0.15) is 0 Å². The molecule has 5 atom stereocenters. The molecule has 11 nitrogen and oxygen atoms in total. The van der Waals surface area contributed by atoms with E-state index in [1.807, 2.05) is 19.9 Å². The van der Waals surface area contributed by atoms with Crippen LogP contribution in [0.2, 0.25) is 0 Å². The predicted molar refractivity (Wildman–Crippen MR) is 131 cm³/mol. The van der Waals surface area contributed by atoms with E-state index in [1.165, 1.54) is 12.1 Å². The van der Waals surface area contributed by atoms with E-state index in [1.54, 1.807) is 18.2 Å². The van der Waals surface area contributed by atoms with Crippen LogP contribution in [-0.4, -0.2) is 69.5 Å². The molecule has 11 heteroatoms. The molecule has 1 aliphatic heterocycles. The van der Waals surface area contributed by atoms with Crippen molar-refractivity contribution in [3.63, 3.8) is 0 Å². The zero-order valence-electron chi connectivity index (χ0n) is 20.0. The van der Waals surface area contributed by atoms with Crippen molar-refractivity contribution in [3.05, 3.63) is 52.4 Å². The topological polar surface area (TPSA) is 172 Å². The van der Waals surface area contributed by atoms with Crippen molar-refractivity contribution in [2.75, 3.05) is 13.2 Å². The Hall–Kier alpha value is -3.61. The molecular formula is C26H26O11. The Labute approximate surface area is 209 Å². The van der Waals surface area contributed by atoms with Crippen molar-refractivity contribution in [1.29, 1.82) is 0 Å². The molecule has 0 radical (unpaired) electrons. The first kappa shape index (κ1) is 25.1. The normalized spacial score (nSPS) is 24.0. The molecule has 5 rings (SSSR count). The monoisotopic (exact) mass is 514 g/mol. The largest absolute Gasteiger partial charge is 0.502 e. The summed E-state index contributed by atoms with van der Waals surface area (Å²) >= 11 is 0. The molecule has 0 aliphatic carbocycles. The first-order valence-electron chi connectivity index (χ1n) is 11.6. The summed E-state index contributed by atoms with van der Waals surface area (Å²) in [6, 6.07) is 7.68. The minimum Gasteiger partial charge on any atom is -0.502 e. The number of hydrogen-bond donors (Lipinski definition) is 5. The molecule has 0 bridgehead atoms. The van der Waals surface area contributed by atoms with Gasteiger partial charge in [-0.1, -0.05) is 5.57 Å². The van der Waals surface area contributed by atoms with E-state index in [2.05, 4.69) is 0 Å². The Bertz CT molecular complexity index is 1540. The first-order chi connectivity index (χ1) is 17.7. The maximum Gasteiger partial charge on any atom is 0.348 e. The molecule has 3 heterocycles. The maximum atomic E-state index is 12.9. The Balaban J connectivity index is 1.52. The van der Waals surface area contributed by atoms with Gasteiger partial charge in [0.25, 0.3) is 0 Å². The van der Waals surface area contributed by atoms with Crippen molar-refractivity contribution < 1.29 is 48.6 Å². The highest BCUT2D eigenvalue weighted by Gasteiger charge is 2.44. The van der Waals surface area contributed by atoms with Crippen LogP contribution in [0.1, 0.15) is 13.8 Å². The van der Waals surface area contributed by atoms with Gasteiger partial charge >= 0.3 is 5.63 Å². The Morgan fingerprint density at radius 2 is 1.76 bits per heavy atom. The maximum absolute atomic E-state index is 12.9. The number of ether oxygens (including phenoxy) is 3. The minimum absolute atomic E-state index is 0.0796. The average molecular weight is 514 g/mol. The highest BCUT2D eigenvalue weighted by atomic mass is 16.7. The van der Waals surface area contributed by atoms with Crippen LogP contribution in [0.3, 0.4) is 0 Å². The number of furan rings is 1. The molecule has 1 fully saturated rings. The smallest absolute Gasteiger partial charge is 0.348 e. The summed E-state index contributed by atoms with van der Waals surface area (Å²) in [7, 11) is 0. The predicted octanol–water partition coefficient (Wildman–Crippen LogP) is 1.92. The number of phenolic OH excluding ortho intramolecular Hbond substituents is 1. The number of aromatic hydroxyl groups is 1. The molecule has 5 unspecified atom stereocenters. The molecule has 4 aromatic rings. The number of aliphatic hydroxyl groups is 4. The van der Waals surface area contributed by atoms with Gasteiger partial charge < -0.3 is 48.6 Å². The van der Waals surface area contributed by atoms with Gasteiger partial charge in [0, 0.05) is 11.5 Å². The van der Waals surface area contributed by atoms with Crippen LogP contribution in [0, 0.1) is 0 Å². The number of fused-ring (bicyclic) bond motifs is 5. The summed E-state index contributed by atoms with van der Waals surface area (Å²) in [5.41, 5.74) is 0.688. The van der Waals surface area contributed by atoms with Crippen LogP contribution < -0.4 is 15.1 Å². The highest BCUT2D eigenvalue weighted by molar-refractivity contribution is 6.14. The summed E-state index contributed by atoms with van der Waals surface area (Å²) in [5, 5.41) is 51.2. The minimum atomic E-state index is -1.59. The fraction of sp³-hybridized carbons (Fsp3) is 0.346. The van der Waals surface area contributed by atoms with E-state index in [-0.39, 0.29) is 46.0 Å². The third-order valence-electron chi connectivity index (χ3n) is 6.23. The van der Waals surface area contributed by atoms with E-state index < -0.39 is 42.9 Å². The van der Waals surface area contributed by atoms with Crippen LogP contribution in [0.25, 0.3) is 32.9 Å². The molecule has 1 saturated heterocycles. The molecule has 5 N–H and O–H groups in total. The van der Waals surface area contributed by atoms with E-state index in [0.29, 0.717) is 10.8 Å². The van der Waals surface area contributed by atoms with E-state index in [0.717, 1.165) is 5.57 Å². The van der Waals surface area contributed by atoms with E-state index in [9.17, 15) is 30.3 Å². The third-order valence-corrected chi connectivity index (χ3v) is 6.23. The number of hydrogen-bond acceptors (Lipinski definition) is 11. The average Bonchev–Trinajstić information content (AvgIpc) is 3.25. The molecule has 0 saturated carbocycles. The van der Waals surface area contributed by atoms with E-state index in [4.69, 9.17) is 23.0 Å². The van der Waals surface area contributed by atoms with Gasteiger partial charge in [0.05, 0.1) is 12.0 Å². The summed E-state index contributed by atoms with van der Waals surface area (Å²) in [6.45, 7) is 3.48. The Morgan fingerprint density at radius 1 is 1.00 bits per heavy atom. The molecule has 1 aliphatic rings. The lowest BCUT2D eigenvalue weighted by molar-refractivity contribution is -0.277. The standard InChI is InChI=1S/C26H26O11/c1-11(2)7-8-33-15-6-5-14-23-18(25(32)37-24(14)20(15)29)13-4-3-12(9-16(13)35-23)34-26-22(31)21(30)19(28)17(10-27)36-26/h3-7,9,17,19,21-22,26-31H,8,10H2,1-2H3. The second-order valence-corrected chi connectivity index (χ2v) is 9.05. The van der Waals surface area contributed by atoms with Crippen LogP contribution in [-0.2, 0) is 4.74 Å². The molecule has 2 aromatic heterocycles. The fourth-order valence-corrected chi connectivity index (χ4v) is 4.23. The van der Waals surface area contributed by atoms with Gasteiger partial charge in [0.2, 0.25) is 12.0 Å². The molecule has 0 amide bonds. The van der Waals surface area contributed by atoms with Crippen LogP contribution >= 0.6 is 0 Å². The quantitative estimate of drug-likeness (QED) is 0.188.